The zero-order valence-corrected chi connectivity index (χ0v) is 15.5. The number of hydrogen-bond acceptors (Lipinski definition) is 5. The number of aliphatic hydroxyl groups is 2. The number of piperidine rings is 1. The molecule has 4 nitrogen and oxygen atoms in total. The lowest BCUT2D eigenvalue weighted by atomic mass is 10.0. The SMILES string of the molecule is OCC([C@H](O)c1ccc(CN2CCCCCC2)s1)N1CCCCC1. The highest BCUT2D eigenvalue weighted by Crippen LogP contribution is 2.30. The first-order valence-electron chi connectivity index (χ1n) is 9.62. The van der Waals surface area contributed by atoms with Crippen molar-refractivity contribution < 1.29 is 10.2 Å². The van der Waals surface area contributed by atoms with Crippen LogP contribution in [0.25, 0.3) is 0 Å². The van der Waals surface area contributed by atoms with E-state index in [0.717, 1.165) is 24.5 Å². The lowest BCUT2D eigenvalue weighted by Gasteiger charge is -2.35. The average Bonchev–Trinajstić information content (AvgIpc) is 2.92. The van der Waals surface area contributed by atoms with Crippen LogP contribution >= 0.6 is 11.3 Å². The highest BCUT2D eigenvalue weighted by atomic mass is 32.1. The van der Waals surface area contributed by atoms with Gasteiger partial charge in [0.25, 0.3) is 0 Å². The van der Waals surface area contributed by atoms with Crippen LogP contribution in [0.3, 0.4) is 0 Å². The van der Waals surface area contributed by atoms with Crippen LogP contribution in [-0.4, -0.2) is 58.8 Å². The molecular weight excluding hydrogens is 320 g/mol. The van der Waals surface area contributed by atoms with E-state index in [4.69, 9.17) is 0 Å². The zero-order chi connectivity index (χ0) is 16.8. The number of rotatable bonds is 6. The van der Waals surface area contributed by atoms with E-state index in [9.17, 15) is 10.2 Å². The second kappa shape index (κ2) is 9.30. The molecule has 0 aliphatic carbocycles. The van der Waals surface area contributed by atoms with Gasteiger partial charge in [0.2, 0.25) is 0 Å². The Morgan fingerprint density at radius 1 is 0.917 bits per heavy atom. The zero-order valence-electron chi connectivity index (χ0n) is 14.7. The number of thiophene rings is 1. The van der Waals surface area contributed by atoms with Crippen molar-refractivity contribution in [1.29, 1.82) is 0 Å². The van der Waals surface area contributed by atoms with Crippen LogP contribution in [0.2, 0.25) is 0 Å². The number of hydrogen-bond donors (Lipinski definition) is 2. The van der Waals surface area contributed by atoms with Gasteiger partial charge in [-0.2, -0.15) is 0 Å². The third kappa shape index (κ3) is 4.79. The van der Waals surface area contributed by atoms with Crippen LogP contribution in [0.4, 0.5) is 0 Å². The van der Waals surface area contributed by atoms with E-state index in [1.807, 2.05) is 0 Å². The Hall–Kier alpha value is -0.460. The molecule has 2 aliphatic heterocycles. The molecule has 0 amide bonds. The Balaban J connectivity index is 1.60. The fourth-order valence-corrected chi connectivity index (χ4v) is 5.11. The van der Waals surface area contributed by atoms with E-state index in [2.05, 4.69) is 21.9 Å². The van der Waals surface area contributed by atoms with Gasteiger partial charge in [-0.05, 0) is 64.0 Å². The Morgan fingerprint density at radius 2 is 1.54 bits per heavy atom. The van der Waals surface area contributed by atoms with Crippen LogP contribution in [0.5, 0.6) is 0 Å². The molecule has 5 heteroatoms. The average molecular weight is 353 g/mol. The standard InChI is InChI=1S/C19H32N2O2S/c22-15-17(21-12-6-3-7-13-21)19(23)18-9-8-16(24-18)14-20-10-4-1-2-5-11-20/h8-9,17,19,22-23H,1-7,10-15H2/t17?,19-/m0/s1. The van der Waals surface area contributed by atoms with Crippen LogP contribution in [-0.2, 0) is 6.54 Å². The molecule has 2 N–H and O–H groups in total. The van der Waals surface area contributed by atoms with Crippen molar-refractivity contribution in [3.63, 3.8) is 0 Å². The molecule has 0 saturated carbocycles. The molecular formula is C19H32N2O2S. The number of aliphatic hydroxyl groups excluding tert-OH is 2. The van der Waals surface area contributed by atoms with Gasteiger partial charge in [0.15, 0.2) is 0 Å². The predicted molar refractivity (Wildman–Crippen MR) is 99.3 cm³/mol. The van der Waals surface area contributed by atoms with Crippen molar-refractivity contribution in [2.75, 3.05) is 32.8 Å². The highest BCUT2D eigenvalue weighted by Gasteiger charge is 2.28. The van der Waals surface area contributed by atoms with E-state index in [-0.39, 0.29) is 12.6 Å². The van der Waals surface area contributed by atoms with E-state index in [1.165, 1.54) is 62.9 Å². The molecule has 2 aliphatic rings. The summed E-state index contributed by atoms with van der Waals surface area (Å²) in [5.74, 6) is 0. The summed E-state index contributed by atoms with van der Waals surface area (Å²) in [5.41, 5.74) is 0. The second-order valence-corrected chi connectivity index (χ2v) is 8.49. The molecule has 0 spiro atoms. The summed E-state index contributed by atoms with van der Waals surface area (Å²) in [6.45, 7) is 5.42. The summed E-state index contributed by atoms with van der Waals surface area (Å²) in [4.78, 5) is 7.15. The Kier molecular flexibility index (Phi) is 7.10. The van der Waals surface area contributed by atoms with Gasteiger partial charge < -0.3 is 10.2 Å². The fraction of sp³-hybridized carbons (Fsp3) is 0.789. The monoisotopic (exact) mass is 352 g/mol. The number of likely N-dealkylation sites (tertiary alicyclic amines) is 2. The van der Waals surface area contributed by atoms with Crippen molar-refractivity contribution in [3.8, 4) is 0 Å². The van der Waals surface area contributed by atoms with Crippen molar-refractivity contribution in [3.05, 3.63) is 21.9 Å². The number of nitrogens with zero attached hydrogens (tertiary/aromatic N) is 2. The van der Waals surface area contributed by atoms with Gasteiger partial charge in [0.05, 0.1) is 12.6 Å². The molecule has 24 heavy (non-hydrogen) atoms. The second-order valence-electron chi connectivity index (χ2n) is 7.29. The molecule has 2 atom stereocenters. The van der Waals surface area contributed by atoms with Crippen molar-refractivity contribution in [1.82, 2.24) is 9.80 Å². The smallest absolute Gasteiger partial charge is 0.106 e. The van der Waals surface area contributed by atoms with Crippen molar-refractivity contribution in [2.24, 2.45) is 0 Å². The van der Waals surface area contributed by atoms with Gasteiger partial charge >= 0.3 is 0 Å². The van der Waals surface area contributed by atoms with Crippen LogP contribution in [0.15, 0.2) is 12.1 Å². The minimum Gasteiger partial charge on any atom is -0.395 e. The van der Waals surface area contributed by atoms with Crippen LogP contribution in [0.1, 0.15) is 60.8 Å². The first-order chi connectivity index (χ1) is 11.8. The molecule has 1 aromatic rings. The summed E-state index contributed by atoms with van der Waals surface area (Å²) in [6, 6.07) is 4.07. The van der Waals surface area contributed by atoms with Gasteiger partial charge in [-0.1, -0.05) is 19.3 Å². The van der Waals surface area contributed by atoms with Gasteiger partial charge in [-0.3, -0.25) is 9.80 Å². The molecule has 136 valence electrons. The Bertz CT molecular complexity index is 479. The Labute approximate surface area is 150 Å². The van der Waals surface area contributed by atoms with E-state index >= 15 is 0 Å². The fourth-order valence-electron chi connectivity index (χ4n) is 4.01. The first-order valence-corrected chi connectivity index (χ1v) is 10.4. The quantitative estimate of drug-likeness (QED) is 0.826. The molecule has 2 fully saturated rings. The van der Waals surface area contributed by atoms with Crippen LogP contribution in [0, 0.1) is 0 Å². The van der Waals surface area contributed by atoms with Crippen molar-refractivity contribution >= 4 is 11.3 Å². The minimum absolute atomic E-state index is 0.0283. The highest BCUT2D eigenvalue weighted by molar-refractivity contribution is 7.12. The van der Waals surface area contributed by atoms with Gasteiger partial charge in [0.1, 0.15) is 6.10 Å². The maximum absolute atomic E-state index is 10.8. The summed E-state index contributed by atoms with van der Waals surface area (Å²) in [7, 11) is 0. The van der Waals surface area contributed by atoms with Gasteiger partial charge in [-0.25, -0.2) is 0 Å². The maximum atomic E-state index is 10.8. The molecule has 0 bridgehead atoms. The topological polar surface area (TPSA) is 46.9 Å². The third-order valence-corrected chi connectivity index (χ3v) is 6.60. The van der Waals surface area contributed by atoms with Gasteiger partial charge in [-0.15, -0.1) is 11.3 Å². The first kappa shape index (κ1) is 18.3. The lowest BCUT2D eigenvalue weighted by Crippen LogP contribution is -2.44. The normalized spacial score (nSPS) is 23.8. The van der Waals surface area contributed by atoms with E-state index in [1.54, 1.807) is 11.3 Å². The van der Waals surface area contributed by atoms with Crippen LogP contribution < -0.4 is 0 Å². The van der Waals surface area contributed by atoms with E-state index in [0.29, 0.717) is 0 Å². The van der Waals surface area contributed by atoms with Gasteiger partial charge in [0, 0.05) is 16.3 Å². The molecule has 3 rings (SSSR count). The molecule has 1 aromatic heterocycles. The molecule has 3 heterocycles. The molecule has 1 unspecified atom stereocenters. The van der Waals surface area contributed by atoms with Crippen molar-refractivity contribution in [2.45, 2.75) is 63.6 Å². The lowest BCUT2D eigenvalue weighted by molar-refractivity contribution is 0.00766. The van der Waals surface area contributed by atoms with E-state index < -0.39 is 6.10 Å². The summed E-state index contributed by atoms with van der Waals surface area (Å²) in [6.07, 6.45) is 8.38. The molecule has 0 aromatic carbocycles. The molecule has 0 radical (unpaired) electrons. The summed E-state index contributed by atoms with van der Waals surface area (Å²) in [5, 5.41) is 20.6. The summed E-state index contributed by atoms with van der Waals surface area (Å²) >= 11 is 1.72. The predicted octanol–water partition coefficient (Wildman–Crippen LogP) is 3.00. The molecule has 2 saturated heterocycles. The Morgan fingerprint density at radius 3 is 2.21 bits per heavy atom. The largest absolute Gasteiger partial charge is 0.395 e. The maximum Gasteiger partial charge on any atom is 0.106 e. The third-order valence-electron chi connectivity index (χ3n) is 5.46. The summed E-state index contributed by atoms with van der Waals surface area (Å²) < 4.78 is 0. The minimum atomic E-state index is -0.573.